The standard InChI is InChI=1S/C24H25N5O2S.C21H20N4O2S.C20H18N4O2S/c1-14-5-3-4-6-17(14)22-21-18-11-16(23(30)28-7-9-31-10-8-28)12-19(18)32-24(21)29-15(2)26-27-20(29)13-25-22;1-11-6-4-5-7-14(11)19-18-15-8-13(21(26)27-3)9-16(15)28-20(18)25-12(2)23-24-17(25)10-22-19;1-10-5-3-4-6-13(10)18-17-14-7-12(20(25)26)8-15(14)27-19(17)24-11(2)22-23-16(24)9-21-18/h3-6,16H,7-13H2,1-2H3;4-7,13H,8-10H2,1-3H3;3-6,12H,7-9H2,1-2H3,(H,25,26). The smallest absolute Gasteiger partial charge is 0.309 e. The molecule has 1 amide bonds. The highest BCUT2D eigenvalue weighted by Gasteiger charge is 2.41. The molecule has 22 heteroatoms. The maximum absolute atomic E-state index is 13.2. The number of fused-ring (bicyclic) bond motifs is 15. The molecular formula is C65H63N13O6S3. The van der Waals surface area contributed by atoms with Gasteiger partial charge in [-0.05, 0) is 113 Å². The van der Waals surface area contributed by atoms with Crippen molar-refractivity contribution in [2.75, 3.05) is 33.4 Å². The van der Waals surface area contributed by atoms with Crippen molar-refractivity contribution in [1.82, 2.24) is 49.2 Å². The van der Waals surface area contributed by atoms with Gasteiger partial charge in [0.05, 0.1) is 49.3 Å². The molecule has 19 nitrogen and oxygen atoms in total. The third-order valence-electron chi connectivity index (χ3n) is 17.8. The van der Waals surface area contributed by atoms with Crippen LogP contribution in [-0.4, -0.2) is 123 Å². The molecule has 1 fully saturated rings. The van der Waals surface area contributed by atoms with E-state index in [1.165, 1.54) is 44.7 Å². The van der Waals surface area contributed by atoms with E-state index in [0.717, 1.165) is 130 Å². The largest absolute Gasteiger partial charge is 0.481 e. The van der Waals surface area contributed by atoms with E-state index in [0.29, 0.717) is 65.2 Å². The molecule has 442 valence electrons. The van der Waals surface area contributed by atoms with Crippen molar-refractivity contribution in [3.05, 3.63) is 189 Å². The number of hydrogen-bond acceptors (Lipinski definition) is 17. The number of aliphatic imine (C=N–C) groups is 3. The molecule has 6 aromatic heterocycles. The summed E-state index contributed by atoms with van der Waals surface area (Å²) in [6.45, 7) is 16.3. The highest BCUT2D eigenvalue weighted by Crippen LogP contribution is 2.47. The minimum atomic E-state index is -0.726. The van der Waals surface area contributed by atoms with Crippen LogP contribution in [0.15, 0.2) is 87.8 Å². The van der Waals surface area contributed by atoms with Gasteiger partial charge in [0.25, 0.3) is 0 Å². The first-order valence-electron chi connectivity index (χ1n) is 29.4. The number of esters is 1. The molecule has 87 heavy (non-hydrogen) atoms. The van der Waals surface area contributed by atoms with E-state index in [9.17, 15) is 19.5 Å². The third kappa shape index (κ3) is 9.80. The van der Waals surface area contributed by atoms with Crippen LogP contribution in [-0.2, 0) is 82.0 Å². The van der Waals surface area contributed by atoms with Crippen molar-refractivity contribution in [1.29, 1.82) is 0 Å². The van der Waals surface area contributed by atoms with Gasteiger partial charge >= 0.3 is 11.9 Å². The van der Waals surface area contributed by atoms with E-state index in [1.807, 2.05) is 49.9 Å². The second-order valence-electron chi connectivity index (χ2n) is 23.1. The lowest BCUT2D eigenvalue weighted by atomic mass is 9.95. The quantitative estimate of drug-likeness (QED) is 0.154. The monoisotopic (exact) mass is 1220 g/mol. The number of rotatable bonds is 6. The number of hydrogen-bond donors (Lipinski definition) is 1. The van der Waals surface area contributed by atoms with Gasteiger partial charge in [0.15, 0.2) is 17.5 Å². The second kappa shape index (κ2) is 22.7. The number of methoxy groups -OCH3 is 1. The minimum Gasteiger partial charge on any atom is -0.481 e. The van der Waals surface area contributed by atoms with Gasteiger partial charge < -0.3 is 19.5 Å². The molecular weight excluding hydrogens is 1160 g/mol. The van der Waals surface area contributed by atoms with Gasteiger partial charge in [-0.2, -0.15) is 0 Å². The van der Waals surface area contributed by atoms with Gasteiger partial charge in [-0.15, -0.1) is 64.6 Å². The number of carboxylic acids is 1. The van der Waals surface area contributed by atoms with E-state index in [-0.39, 0.29) is 29.6 Å². The highest BCUT2D eigenvalue weighted by molar-refractivity contribution is 7.16. The molecule has 9 aromatic rings. The molecule has 7 aliphatic rings. The Kier molecular flexibility index (Phi) is 14.7. The fourth-order valence-electron chi connectivity index (χ4n) is 13.4. The lowest BCUT2D eigenvalue weighted by molar-refractivity contribution is -0.145. The predicted molar refractivity (Wildman–Crippen MR) is 333 cm³/mol. The Morgan fingerprint density at radius 1 is 0.494 bits per heavy atom. The Labute approximate surface area is 514 Å². The molecule has 1 saturated heterocycles. The summed E-state index contributed by atoms with van der Waals surface area (Å²) in [7, 11) is 1.46. The number of benzene rings is 3. The topological polar surface area (TPSA) is 222 Å². The van der Waals surface area contributed by atoms with E-state index in [1.54, 1.807) is 34.0 Å². The molecule has 0 saturated carbocycles. The van der Waals surface area contributed by atoms with Crippen LogP contribution in [0.5, 0.6) is 0 Å². The number of ether oxygens (including phenoxy) is 2. The molecule has 4 aliphatic heterocycles. The van der Waals surface area contributed by atoms with Gasteiger partial charge in [-0.1, -0.05) is 72.8 Å². The summed E-state index contributed by atoms with van der Waals surface area (Å²) in [4.78, 5) is 57.6. The molecule has 3 unspecified atom stereocenters. The molecule has 10 heterocycles. The van der Waals surface area contributed by atoms with Crippen molar-refractivity contribution in [3.63, 3.8) is 0 Å². The molecule has 16 rings (SSSR count). The van der Waals surface area contributed by atoms with Gasteiger partial charge in [-0.25, -0.2) is 0 Å². The van der Waals surface area contributed by atoms with E-state index in [4.69, 9.17) is 24.5 Å². The van der Waals surface area contributed by atoms with Crippen molar-refractivity contribution >= 4 is 69.0 Å². The number of aromatic nitrogens is 9. The molecule has 3 atom stereocenters. The van der Waals surface area contributed by atoms with Crippen LogP contribution in [0.25, 0.3) is 15.0 Å². The first kappa shape index (κ1) is 56.4. The van der Waals surface area contributed by atoms with Crippen LogP contribution < -0.4 is 0 Å². The summed E-state index contributed by atoms with van der Waals surface area (Å²) in [5, 5.41) is 38.7. The summed E-state index contributed by atoms with van der Waals surface area (Å²) in [6, 6.07) is 24.9. The molecule has 0 radical (unpaired) electrons. The van der Waals surface area contributed by atoms with Gasteiger partial charge in [0, 0.05) is 67.0 Å². The van der Waals surface area contributed by atoms with Crippen molar-refractivity contribution < 1.29 is 29.0 Å². The Morgan fingerprint density at radius 3 is 1.23 bits per heavy atom. The first-order chi connectivity index (χ1) is 42.2. The fourth-order valence-corrected chi connectivity index (χ4v) is 17.8. The lowest BCUT2D eigenvalue weighted by Gasteiger charge is -2.29. The third-order valence-corrected chi connectivity index (χ3v) is 21.5. The Hall–Kier alpha value is -8.44. The van der Waals surface area contributed by atoms with Gasteiger partial charge in [-0.3, -0.25) is 43.1 Å². The number of aliphatic carboxylic acids is 1. The van der Waals surface area contributed by atoms with Crippen LogP contribution in [0.2, 0.25) is 0 Å². The number of carboxylic acid groups (broad SMARTS) is 1. The van der Waals surface area contributed by atoms with Crippen LogP contribution >= 0.6 is 34.0 Å². The summed E-state index contributed by atoms with van der Waals surface area (Å²) in [6.07, 6.45) is 4.10. The summed E-state index contributed by atoms with van der Waals surface area (Å²) < 4.78 is 16.8. The molecule has 3 aliphatic carbocycles. The van der Waals surface area contributed by atoms with Crippen LogP contribution in [0, 0.1) is 59.3 Å². The number of carbonyl (C=O) groups excluding carboxylic acids is 2. The fraction of sp³-hybridized carbons (Fsp3) is 0.354. The Bertz CT molecular complexity index is 4390. The van der Waals surface area contributed by atoms with Crippen molar-refractivity contribution in [2.24, 2.45) is 32.7 Å². The van der Waals surface area contributed by atoms with Crippen molar-refractivity contribution in [3.8, 4) is 15.0 Å². The van der Waals surface area contributed by atoms with Crippen LogP contribution in [0.3, 0.4) is 0 Å². The number of morpholine rings is 1. The predicted octanol–water partition coefficient (Wildman–Crippen LogP) is 9.15. The second-order valence-corrected chi connectivity index (χ2v) is 26.4. The minimum absolute atomic E-state index is 0.00232. The number of aryl methyl sites for hydroxylation is 6. The maximum Gasteiger partial charge on any atom is 0.309 e. The van der Waals surface area contributed by atoms with Crippen molar-refractivity contribution in [2.45, 2.75) is 99.7 Å². The zero-order valence-electron chi connectivity index (χ0n) is 49.4. The number of nitrogens with zero attached hydrogens (tertiary/aromatic N) is 13. The first-order valence-corrected chi connectivity index (χ1v) is 31.9. The zero-order chi connectivity index (χ0) is 59.9. The normalized spacial score (nSPS) is 18.4. The molecule has 0 spiro atoms. The average Bonchev–Trinajstić information content (AvgIpc) is 1.85. The van der Waals surface area contributed by atoms with Gasteiger partial charge in [0.1, 0.15) is 52.1 Å². The summed E-state index contributed by atoms with van der Waals surface area (Å²) >= 11 is 5.17. The zero-order valence-corrected chi connectivity index (χ0v) is 51.8. The maximum atomic E-state index is 13.2. The SMILES string of the molecule is COC(=O)C1Cc2sc3c(c2C1)C(c1ccccc1C)=NCc1nnc(C)n1-3.Cc1ccccc1C1=NCc2nnc(C)n2-c2sc3c(c21)CC(C(=O)N1CCOCC1)C3.Cc1ccccc1C1=NCc2nnc(C)n2-c2sc3c(c21)CC(C(=O)O)C3. The molecule has 0 bridgehead atoms. The molecule has 3 aromatic carbocycles. The number of carbonyl (C=O) groups is 3. The van der Waals surface area contributed by atoms with Gasteiger partial charge in [0.2, 0.25) is 5.91 Å². The number of amides is 1. The lowest BCUT2D eigenvalue weighted by Crippen LogP contribution is -2.44. The Morgan fingerprint density at radius 2 is 0.851 bits per heavy atom. The molecule has 1 N–H and O–H groups in total. The van der Waals surface area contributed by atoms with Crippen LogP contribution in [0.4, 0.5) is 0 Å². The van der Waals surface area contributed by atoms with E-state index in [2.05, 4.69) is 114 Å². The van der Waals surface area contributed by atoms with Crippen LogP contribution in [0.1, 0.15) is 116 Å². The summed E-state index contributed by atoms with van der Waals surface area (Å²) in [5.41, 5.74) is 16.8. The summed E-state index contributed by atoms with van der Waals surface area (Å²) in [5.74, 6) is 4.06. The van der Waals surface area contributed by atoms with E-state index >= 15 is 0 Å². The highest BCUT2D eigenvalue weighted by atomic mass is 32.1. The Balaban J connectivity index is 0.000000115. The number of thiophene rings is 3. The van der Waals surface area contributed by atoms with E-state index < -0.39 is 5.97 Å². The average molecular weight is 1220 g/mol.